The Kier molecular flexibility index (Phi) is 2.11. The van der Waals surface area contributed by atoms with Gasteiger partial charge >= 0.3 is 0 Å². The second-order valence-electron chi connectivity index (χ2n) is 4.10. The Morgan fingerprint density at radius 2 is 2.07 bits per heavy atom. The number of rotatable bonds is 1. The highest BCUT2D eigenvalue weighted by atomic mass is 16.5. The van der Waals surface area contributed by atoms with Crippen LogP contribution >= 0.6 is 0 Å². The zero-order chi connectivity index (χ0) is 11.1. The maximum Gasteiger partial charge on any atom is 0.164 e. The van der Waals surface area contributed by atoms with E-state index in [0.717, 1.165) is 11.3 Å². The maximum absolute atomic E-state index is 9.58. The highest BCUT2D eigenvalue weighted by Gasteiger charge is 2.22. The smallest absolute Gasteiger partial charge is 0.164 e. The Labute approximate surface area is 88.9 Å². The molecule has 0 saturated carbocycles. The van der Waals surface area contributed by atoms with Crippen LogP contribution in [0.3, 0.4) is 0 Å². The first kappa shape index (κ1) is 9.90. The molecule has 0 spiro atoms. The molecule has 1 N–H and O–H groups in total. The summed E-state index contributed by atoms with van der Waals surface area (Å²) in [4.78, 5) is 0. The molecule has 0 radical (unpaired) electrons. The van der Waals surface area contributed by atoms with Crippen molar-refractivity contribution in [2.45, 2.75) is 19.4 Å². The average Bonchev–Trinajstić information content (AvgIpc) is 2.17. The van der Waals surface area contributed by atoms with E-state index in [2.05, 4.69) is 0 Å². The van der Waals surface area contributed by atoms with Gasteiger partial charge in [-0.15, -0.1) is 0 Å². The Morgan fingerprint density at radius 3 is 2.73 bits per heavy atom. The van der Waals surface area contributed by atoms with E-state index in [-0.39, 0.29) is 11.4 Å². The number of aromatic hydroxyl groups is 1. The van der Waals surface area contributed by atoms with Crippen molar-refractivity contribution in [3.8, 4) is 17.2 Å². The van der Waals surface area contributed by atoms with Gasteiger partial charge in [-0.2, -0.15) is 0 Å². The molecule has 0 aliphatic carbocycles. The minimum Gasteiger partial charge on any atom is -0.504 e. The van der Waals surface area contributed by atoms with Gasteiger partial charge in [0.05, 0.1) is 7.11 Å². The van der Waals surface area contributed by atoms with Crippen LogP contribution in [0.2, 0.25) is 0 Å². The Balaban J connectivity index is 2.49. The predicted octanol–water partition coefficient (Wildman–Crippen LogP) is 2.58. The molecule has 0 atom stereocenters. The van der Waals surface area contributed by atoms with Crippen LogP contribution in [0.5, 0.6) is 17.2 Å². The minimum absolute atomic E-state index is 0.129. The Morgan fingerprint density at radius 1 is 1.33 bits per heavy atom. The Bertz CT molecular complexity index is 419. The second-order valence-corrected chi connectivity index (χ2v) is 4.10. The third kappa shape index (κ3) is 1.77. The van der Waals surface area contributed by atoms with Crippen LogP contribution in [-0.2, 0) is 0 Å². The maximum atomic E-state index is 9.58. The summed E-state index contributed by atoms with van der Waals surface area (Å²) in [5, 5.41) is 9.58. The van der Waals surface area contributed by atoms with Gasteiger partial charge in [0.15, 0.2) is 11.5 Å². The first-order chi connectivity index (χ1) is 7.02. The molecule has 1 aromatic carbocycles. The molecule has 1 aromatic rings. The number of fused-ring (bicyclic) bond motifs is 1. The highest BCUT2D eigenvalue weighted by Crippen LogP contribution is 2.38. The topological polar surface area (TPSA) is 38.7 Å². The number of hydrogen-bond donors (Lipinski definition) is 1. The van der Waals surface area contributed by atoms with E-state index in [1.165, 1.54) is 7.11 Å². The second kappa shape index (κ2) is 3.19. The fourth-order valence-electron chi connectivity index (χ4n) is 1.56. The van der Waals surface area contributed by atoms with Gasteiger partial charge in [0, 0.05) is 11.6 Å². The number of phenols is 1. The van der Waals surface area contributed by atoms with E-state index >= 15 is 0 Å². The van der Waals surface area contributed by atoms with Crippen molar-refractivity contribution >= 4 is 6.08 Å². The summed E-state index contributed by atoms with van der Waals surface area (Å²) in [6.45, 7) is 3.96. The summed E-state index contributed by atoms with van der Waals surface area (Å²) >= 11 is 0. The van der Waals surface area contributed by atoms with Gasteiger partial charge in [0.1, 0.15) is 11.4 Å². The lowest BCUT2D eigenvalue weighted by molar-refractivity contribution is 0.158. The van der Waals surface area contributed by atoms with Crippen molar-refractivity contribution in [3.05, 3.63) is 23.8 Å². The third-order valence-corrected chi connectivity index (χ3v) is 2.35. The van der Waals surface area contributed by atoms with Gasteiger partial charge in [-0.05, 0) is 26.0 Å². The Hall–Kier alpha value is -1.64. The molecule has 3 heteroatoms. The fourth-order valence-corrected chi connectivity index (χ4v) is 1.56. The molecule has 1 aliphatic rings. The molecule has 0 saturated heterocycles. The van der Waals surface area contributed by atoms with E-state index in [0.29, 0.717) is 5.75 Å². The largest absolute Gasteiger partial charge is 0.504 e. The minimum atomic E-state index is -0.311. The van der Waals surface area contributed by atoms with E-state index in [9.17, 15) is 5.11 Å². The first-order valence-electron chi connectivity index (χ1n) is 4.81. The van der Waals surface area contributed by atoms with E-state index < -0.39 is 0 Å². The molecule has 3 nitrogen and oxygen atoms in total. The summed E-state index contributed by atoms with van der Waals surface area (Å²) in [5.41, 5.74) is 0.558. The van der Waals surface area contributed by atoms with Gasteiger partial charge < -0.3 is 14.6 Å². The van der Waals surface area contributed by atoms with Crippen LogP contribution < -0.4 is 9.47 Å². The van der Waals surface area contributed by atoms with Gasteiger partial charge in [-0.1, -0.05) is 6.08 Å². The molecule has 0 bridgehead atoms. The molecule has 80 valence electrons. The van der Waals surface area contributed by atoms with Crippen LogP contribution in [0, 0.1) is 0 Å². The standard InChI is InChI=1S/C12H14O3/c1-12(2)5-4-8-6-9(13)11(14-3)7-10(8)15-12/h4-7,13H,1-3H3. The zero-order valence-electron chi connectivity index (χ0n) is 9.07. The van der Waals surface area contributed by atoms with Crippen molar-refractivity contribution in [1.29, 1.82) is 0 Å². The van der Waals surface area contributed by atoms with Crippen LogP contribution in [-0.4, -0.2) is 17.8 Å². The van der Waals surface area contributed by atoms with Gasteiger partial charge in [0.25, 0.3) is 0 Å². The molecule has 0 unspecified atom stereocenters. The van der Waals surface area contributed by atoms with Crippen molar-refractivity contribution in [1.82, 2.24) is 0 Å². The van der Waals surface area contributed by atoms with Crippen LogP contribution in [0.15, 0.2) is 18.2 Å². The van der Waals surface area contributed by atoms with Crippen LogP contribution in [0.1, 0.15) is 19.4 Å². The molecule has 15 heavy (non-hydrogen) atoms. The third-order valence-electron chi connectivity index (χ3n) is 2.35. The van der Waals surface area contributed by atoms with Gasteiger partial charge in [-0.25, -0.2) is 0 Å². The molecule has 0 fully saturated rings. The lowest BCUT2D eigenvalue weighted by Gasteiger charge is -2.28. The van der Waals surface area contributed by atoms with Crippen molar-refractivity contribution in [2.24, 2.45) is 0 Å². The van der Waals surface area contributed by atoms with Crippen LogP contribution in [0.4, 0.5) is 0 Å². The molecule has 0 amide bonds. The van der Waals surface area contributed by atoms with Crippen molar-refractivity contribution in [3.63, 3.8) is 0 Å². The lowest BCUT2D eigenvalue weighted by Crippen LogP contribution is -2.27. The highest BCUT2D eigenvalue weighted by molar-refractivity contribution is 5.65. The monoisotopic (exact) mass is 206 g/mol. The van der Waals surface area contributed by atoms with E-state index in [4.69, 9.17) is 9.47 Å². The summed E-state index contributed by atoms with van der Waals surface area (Å²) in [6, 6.07) is 3.34. The molecule has 1 heterocycles. The lowest BCUT2D eigenvalue weighted by atomic mass is 10.0. The summed E-state index contributed by atoms with van der Waals surface area (Å²) < 4.78 is 10.8. The summed E-state index contributed by atoms with van der Waals surface area (Å²) in [7, 11) is 1.52. The van der Waals surface area contributed by atoms with E-state index in [1.54, 1.807) is 12.1 Å². The molecule has 2 rings (SSSR count). The van der Waals surface area contributed by atoms with E-state index in [1.807, 2.05) is 26.0 Å². The fraction of sp³-hybridized carbons (Fsp3) is 0.333. The normalized spacial score (nSPS) is 16.7. The van der Waals surface area contributed by atoms with Gasteiger partial charge in [0.2, 0.25) is 0 Å². The van der Waals surface area contributed by atoms with Crippen LogP contribution in [0.25, 0.3) is 6.08 Å². The quantitative estimate of drug-likeness (QED) is 0.767. The van der Waals surface area contributed by atoms with Crippen molar-refractivity contribution < 1.29 is 14.6 Å². The molecule has 1 aliphatic heterocycles. The number of ether oxygens (including phenoxy) is 2. The molecular weight excluding hydrogens is 192 g/mol. The number of methoxy groups -OCH3 is 1. The van der Waals surface area contributed by atoms with Gasteiger partial charge in [-0.3, -0.25) is 0 Å². The summed E-state index contributed by atoms with van der Waals surface area (Å²) in [6.07, 6.45) is 3.90. The first-order valence-corrected chi connectivity index (χ1v) is 4.81. The molecular formula is C12H14O3. The number of benzene rings is 1. The predicted molar refractivity (Wildman–Crippen MR) is 58.4 cm³/mol. The van der Waals surface area contributed by atoms with Crippen molar-refractivity contribution in [2.75, 3.05) is 7.11 Å². The average molecular weight is 206 g/mol. The zero-order valence-corrected chi connectivity index (χ0v) is 9.07. The molecule has 0 aromatic heterocycles. The number of hydrogen-bond acceptors (Lipinski definition) is 3. The summed E-state index contributed by atoms with van der Waals surface area (Å²) in [5.74, 6) is 1.29. The SMILES string of the molecule is COc1cc2c(cc1O)C=CC(C)(C)O2. The number of phenolic OH excluding ortho intramolecular Hbond substituents is 1.